The van der Waals surface area contributed by atoms with Crippen LogP contribution in [0, 0.1) is 0 Å². The molecule has 0 aromatic rings. The second-order valence-electron chi connectivity index (χ2n) is 2.61. The fourth-order valence-electron chi connectivity index (χ4n) is 1.06. The van der Waals surface area contributed by atoms with Crippen molar-refractivity contribution in [2.24, 2.45) is 0 Å². The zero-order chi connectivity index (χ0) is 9.90. The van der Waals surface area contributed by atoms with Crippen LogP contribution >= 0.6 is 15.9 Å². The largest absolute Gasteiger partial charge is 0.572 e. The van der Waals surface area contributed by atoms with Crippen molar-refractivity contribution in [2.45, 2.75) is 19.2 Å². The van der Waals surface area contributed by atoms with Crippen LogP contribution < -0.4 is 0 Å². The molecule has 0 saturated heterocycles. The highest BCUT2D eigenvalue weighted by Gasteiger charge is 2.32. The predicted molar refractivity (Wildman–Crippen MR) is 46.3 cm³/mol. The van der Waals surface area contributed by atoms with E-state index in [1.54, 1.807) is 0 Å². The molecule has 74 valence electrons. The van der Waals surface area contributed by atoms with Gasteiger partial charge in [0, 0.05) is 11.8 Å². The van der Waals surface area contributed by atoms with Crippen LogP contribution in [0.5, 0.6) is 0 Å². The van der Waals surface area contributed by atoms with Crippen molar-refractivity contribution in [3.63, 3.8) is 0 Å². The van der Waals surface area contributed by atoms with E-state index in [9.17, 15) is 13.2 Å². The van der Waals surface area contributed by atoms with Gasteiger partial charge < -0.3 is 4.74 Å². The van der Waals surface area contributed by atoms with E-state index in [2.05, 4.69) is 20.7 Å². The highest BCUT2D eigenvalue weighted by Crippen LogP contribution is 2.27. The first-order valence-corrected chi connectivity index (χ1v) is 4.85. The molecule has 0 saturated carbocycles. The summed E-state index contributed by atoms with van der Waals surface area (Å²) in [6.45, 7) is 0. The van der Waals surface area contributed by atoms with Crippen LogP contribution in [0.3, 0.4) is 0 Å². The molecular weight excluding hydrogens is 249 g/mol. The molecule has 1 rings (SSSR count). The summed E-state index contributed by atoms with van der Waals surface area (Å²) in [5.74, 6) is -0.00977. The molecule has 1 aliphatic carbocycles. The van der Waals surface area contributed by atoms with Gasteiger partial charge in [-0.15, -0.1) is 13.2 Å². The summed E-state index contributed by atoms with van der Waals surface area (Å²) in [5, 5.41) is 0.553. The number of halogens is 4. The first-order chi connectivity index (χ1) is 6.01. The Morgan fingerprint density at radius 1 is 1.46 bits per heavy atom. The maximum absolute atomic E-state index is 11.8. The van der Waals surface area contributed by atoms with Crippen molar-refractivity contribution in [1.29, 1.82) is 0 Å². The third-order valence-electron chi connectivity index (χ3n) is 1.54. The van der Waals surface area contributed by atoms with Crippen molar-refractivity contribution in [3.8, 4) is 0 Å². The van der Waals surface area contributed by atoms with Crippen LogP contribution in [0.15, 0.2) is 23.5 Å². The molecule has 0 heterocycles. The molecule has 0 aliphatic heterocycles. The summed E-state index contributed by atoms with van der Waals surface area (Å²) in [5.41, 5.74) is 0.825. The minimum absolute atomic E-state index is 0.00977. The van der Waals surface area contributed by atoms with Gasteiger partial charge in [-0.25, -0.2) is 0 Å². The normalized spacial score (nSPS) is 17.8. The van der Waals surface area contributed by atoms with Crippen LogP contribution in [-0.2, 0) is 4.74 Å². The summed E-state index contributed by atoms with van der Waals surface area (Å²) in [6, 6.07) is 0. The summed E-state index contributed by atoms with van der Waals surface area (Å²) in [7, 11) is 0. The van der Waals surface area contributed by atoms with Crippen LogP contribution in [0.4, 0.5) is 13.2 Å². The lowest BCUT2D eigenvalue weighted by Gasteiger charge is -2.15. The summed E-state index contributed by atoms with van der Waals surface area (Å²) < 4.78 is 39.1. The molecule has 0 N–H and O–H groups in total. The quantitative estimate of drug-likeness (QED) is 0.687. The van der Waals surface area contributed by atoms with Crippen molar-refractivity contribution in [1.82, 2.24) is 0 Å². The Hall–Kier alpha value is -0.450. The SMILES string of the molecule is FC(F)(F)OC1=CC(CBr)=CCC1. The molecular formula is C8H8BrF3O. The smallest absolute Gasteiger partial charge is 0.410 e. The molecule has 0 spiro atoms. The Morgan fingerprint density at radius 3 is 2.69 bits per heavy atom. The van der Waals surface area contributed by atoms with Gasteiger partial charge in [0.25, 0.3) is 0 Å². The highest BCUT2D eigenvalue weighted by atomic mass is 79.9. The summed E-state index contributed by atoms with van der Waals surface area (Å²) in [4.78, 5) is 0. The third-order valence-corrected chi connectivity index (χ3v) is 2.19. The minimum Gasteiger partial charge on any atom is -0.410 e. The van der Waals surface area contributed by atoms with Crippen molar-refractivity contribution < 1.29 is 17.9 Å². The maximum atomic E-state index is 11.8. The Labute approximate surface area is 82.4 Å². The Kier molecular flexibility index (Phi) is 3.41. The van der Waals surface area contributed by atoms with Gasteiger partial charge in [0.1, 0.15) is 5.76 Å². The average molecular weight is 257 g/mol. The number of ether oxygens (including phenoxy) is 1. The molecule has 1 aliphatic rings. The standard InChI is InChI=1S/C8H8BrF3O/c9-5-6-2-1-3-7(4-6)13-8(10,11)12/h2,4H,1,3,5H2. The van der Waals surface area contributed by atoms with Crippen LogP contribution in [0.25, 0.3) is 0 Å². The lowest BCUT2D eigenvalue weighted by Crippen LogP contribution is -2.14. The van der Waals surface area contributed by atoms with Gasteiger partial charge in [0.2, 0.25) is 0 Å². The Morgan fingerprint density at radius 2 is 2.15 bits per heavy atom. The molecule has 0 radical (unpaired) electrons. The van der Waals surface area contributed by atoms with E-state index in [4.69, 9.17) is 0 Å². The Bertz CT molecular complexity index is 242. The third kappa shape index (κ3) is 3.85. The van der Waals surface area contributed by atoms with Crippen LogP contribution in [0.2, 0.25) is 0 Å². The van der Waals surface area contributed by atoms with Crippen LogP contribution in [0.1, 0.15) is 12.8 Å². The maximum Gasteiger partial charge on any atom is 0.572 e. The topological polar surface area (TPSA) is 9.23 Å². The number of hydrogen-bond donors (Lipinski definition) is 0. The van der Waals surface area contributed by atoms with Gasteiger partial charge in [-0.3, -0.25) is 0 Å². The molecule has 0 bridgehead atoms. The first kappa shape index (κ1) is 10.6. The summed E-state index contributed by atoms with van der Waals surface area (Å²) >= 11 is 3.17. The zero-order valence-electron chi connectivity index (χ0n) is 6.70. The molecule has 1 nitrogen and oxygen atoms in total. The molecule has 0 aromatic carbocycles. The fraction of sp³-hybridized carbons (Fsp3) is 0.500. The fourth-order valence-corrected chi connectivity index (χ4v) is 1.45. The summed E-state index contributed by atoms with van der Waals surface area (Å²) in [6.07, 6.45) is -0.344. The van der Waals surface area contributed by atoms with Gasteiger partial charge in [-0.05, 0) is 18.1 Å². The van der Waals surface area contributed by atoms with Gasteiger partial charge >= 0.3 is 6.36 Å². The number of rotatable bonds is 2. The van der Waals surface area contributed by atoms with E-state index in [-0.39, 0.29) is 5.76 Å². The van der Waals surface area contributed by atoms with Gasteiger partial charge in [0.05, 0.1) is 0 Å². The molecule has 0 amide bonds. The number of hydrogen-bond acceptors (Lipinski definition) is 1. The number of alkyl halides is 4. The van der Waals surface area contributed by atoms with E-state index in [0.29, 0.717) is 18.2 Å². The second-order valence-corrected chi connectivity index (χ2v) is 3.17. The monoisotopic (exact) mass is 256 g/mol. The van der Waals surface area contributed by atoms with Crippen molar-refractivity contribution in [3.05, 3.63) is 23.5 Å². The van der Waals surface area contributed by atoms with Gasteiger partial charge in [-0.1, -0.05) is 22.0 Å². The average Bonchev–Trinajstić information content (AvgIpc) is 2.01. The van der Waals surface area contributed by atoms with E-state index < -0.39 is 6.36 Å². The molecule has 13 heavy (non-hydrogen) atoms. The van der Waals surface area contributed by atoms with Gasteiger partial charge in [0.15, 0.2) is 0 Å². The Balaban J connectivity index is 2.61. The predicted octanol–water partition coefficient (Wildman–Crippen LogP) is 3.52. The van der Waals surface area contributed by atoms with E-state index in [0.717, 1.165) is 5.57 Å². The molecule has 0 aromatic heterocycles. The van der Waals surface area contributed by atoms with E-state index in [1.807, 2.05) is 6.08 Å². The van der Waals surface area contributed by atoms with Crippen molar-refractivity contribution >= 4 is 15.9 Å². The van der Waals surface area contributed by atoms with E-state index >= 15 is 0 Å². The van der Waals surface area contributed by atoms with Crippen molar-refractivity contribution in [2.75, 3.05) is 5.33 Å². The molecule has 0 fully saturated rings. The second kappa shape index (κ2) is 4.17. The molecule has 0 atom stereocenters. The van der Waals surface area contributed by atoms with E-state index in [1.165, 1.54) is 6.08 Å². The molecule has 0 unspecified atom stereocenters. The lowest BCUT2D eigenvalue weighted by molar-refractivity contribution is -0.306. The highest BCUT2D eigenvalue weighted by molar-refractivity contribution is 9.09. The minimum atomic E-state index is -4.57. The van der Waals surface area contributed by atoms with Crippen LogP contribution in [-0.4, -0.2) is 11.7 Å². The number of allylic oxidation sites excluding steroid dienone is 4. The molecule has 5 heteroatoms. The first-order valence-electron chi connectivity index (χ1n) is 3.72. The van der Waals surface area contributed by atoms with Gasteiger partial charge in [-0.2, -0.15) is 0 Å². The lowest BCUT2D eigenvalue weighted by atomic mass is 10.1. The zero-order valence-corrected chi connectivity index (χ0v) is 8.28.